The minimum absolute atomic E-state index is 0.0267. The summed E-state index contributed by atoms with van der Waals surface area (Å²) in [4.78, 5) is 0. The van der Waals surface area contributed by atoms with Crippen LogP contribution in [0.25, 0.3) is 0 Å². The summed E-state index contributed by atoms with van der Waals surface area (Å²) in [6.07, 6.45) is 0. The van der Waals surface area contributed by atoms with Crippen LogP contribution in [0, 0.1) is 0 Å². The molecule has 2 atom stereocenters. The van der Waals surface area contributed by atoms with Crippen LogP contribution < -0.4 is 0 Å². The molecule has 0 bridgehead atoms. The van der Waals surface area contributed by atoms with Gasteiger partial charge in [0.05, 0.1) is 10.5 Å². The number of ether oxygens (including phenoxy) is 1. The highest BCUT2D eigenvalue weighted by Crippen LogP contribution is 2.16. The van der Waals surface area contributed by atoms with Crippen molar-refractivity contribution in [2.75, 3.05) is 0 Å². The van der Waals surface area contributed by atoms with Crippen LogP contribution in [0.2, 0.25) is 0 Å². The summed E-state index contributed by atoms with van der Waals surface area (Å²) in [6, 6.07) is 0. The maximum atomic E-state index is 5.23. The molecular weight excluding hydrogens is 176 g/mol. The number of hydrogen-bond acceptors (Lipinski definition) is 3. The molecule has 0 amide bonds. The van der Waals surface area contributed by atoms with Gasteiger partial charge in [-0.05, 0) is 13.8 Å². The Morgan fingerprint density at radius 1 is 1.09 bits per heavy atom. The third-order valence-corrected chi connectivity index (χ3v) is 1.77. The fourth-order valence-corrected chi connectivity index (χ4v) is 0.444. The first kappa shape index (κ1) is 11.0. The van der Waals surface area contributed by atoms with E-state index in [1.807, 2.05) is 13.8 Å². The van der Waals surface area contributed by atoms with Crippen molar-refractivity contribution >= 4 is 25.3 Å². The SMILES string of the molecule is C=C(OC(=C)C(C)S)C(C)S. The van der Waals surface area contributed by atoms with Gasteiger partial charge in [0.2, 0.25) is 0 Å². The molecule has 64 valence electrons. The first-order valence-electron chi connectivity index (χ1n) is 3.36. The molecule has 11 heavy (non-hydrogen) atoms. The van der Waals surface area contributed by atoms with E-state index in [2.05, 4.69) is 38.4 Å². The standard InChI is InChI=1S/C8H14OS2/c1-5(7(3)10)9-6(2)8(4)11/h7-8,10-11H,1-2H2,3-4H3. The van der Waals surface area contributed by atoms with E-state index in [-0.39, 0.29) is 10.5 Å². The van der Waals surface area contributed by atoms with E-state index in [1.165, 1.54) is 0 Å². The molecule has 0 spiro atoms. The number of thiol groups is 2. The van der Waals surface area contributed by atoms with Crippen LogP contribution in [0.4, 0.5) is 0 Å². The van der Waals surface area contributed by atoms with Crippen molar-refractivity contribution in [1.29, 1.82) is 0 Å². The topological polar surface area (TPSA) is 9.23 Å². The summed E-state index contributed by atoms with van der Waals surface area (Å²) >= 11 is 8.29. The second kappa shape index (κ2) is 4.78. The number of hydrogen-bond donors (Lipinski definition) is 2. The number of rotatable bonds is 4. The van der Waals surface area contributed by atoms with Gasteiger partial charge >= 0.3 is 0 Å². The fraction of sp³-hybridized carbons (Fsp3) is 0.500. The predicted octanol–water partition coefficient (Wildman–Crippen LogP) is 2.67. The van der Waals surface area contributed by atoms with E-state index >= 15 is 0 Å². The monoisotopic (exact) mass is 190 g/mol. The van der Waals surface area contributed by atoms with Crippen molar-refractivity contribution in [3.8, 4) is 0 Å². The van der Waals surface area contributed by atoms with Crippen LogP contribution in [0.15, 0.2) is 24.7 Å². The van der Waals surface area contributed by atoms with E-state index in [1.54, 1.807) is 0 Å². The average molecular weight is 190 g/mol. The van der Waals surface area contributed by atoms with E-state index in [0.717, 1.165) is 0 Å². The lowest BCUT2D eigenvalue weighted by Crippen LogP contribution is -2.05. The maximum Gasteiger partial charge on any atom is 0.109 e. The average Bonchev–Trinajstić information content (AvgIpc) is 1.87. The van der Waals surface area contributed by atoms with E-state index < -0.39 is 0 Å². The van der Waals surface area contributed by atoms with Gasteiger partial charge in [-0.25, -0.2) is 0 Å². The van der Waals surface area contributed by atoms with Gasteiger partial charge in [-0.3, -0.25) is 0 Å². The molecule has 0 saturated heterocycles. The summed E-state index contributed by atoms with van der Waals surface area (Å²) in [5.41, 5.74) is 0. The highest BCUT2D eigenvalue weighted by molar-refractivity contribution is 7.81. The van der Waals surface area contributed by atoms with Gasteiger partial charge < -0.3 is 4.74 Å². The van der Waals surface area contributed by atoms with Crippen molar-refractivity contribution < 1.29 is 4.74 Å². The van der Waals surface area contributed by atoms with Crippen molar-refractivity contribution in [3.05, 3.63) is 24.7 Å². The maximum absolute atomic E-state index is 5.23. The van der Waals surface area contributed by atoms with Crippen LogP contribution in [0.5, 0.6) is 0 Å². The Morgan fingerprint density at radius 2 is 1.36 bits per heavy atom. The zero-order valence-corrected chi connectivity index (χ0v) is 8.66. The second-order valence-corrected chi connectivity index (χ2v) is 3.94. The minimum Gasteiger partial charge on any atom is -0.465 e. The Kier molecular flexibility index (Phi) is 4.77. The minimum atomic E-state index is 0.0267. The Morgan fingerprint density at radius 3 is 1.55 bits per heavy atom. The Bertz CT molecular complexity index is 143. The summed E-state index contributed by atoms with van der Waals surface area (Å²) in [5.74, 6) is 1.22. The summed E-state index contributed by atoms with van der Waals surface area (Å²) in [5, 5.41) is 0.0534. The van der Waals surface area contributed by atoms with Gasteiger partial charge in [0.15, 0.2) is 0 Å². The molecule has 0 rings (SSSR count). The van der Waals surface area contributed by atoms with Crippen LogP contribution in [0.1, 0.15) is 13.8 Å². The van der Waals surface area contributed by atoms with E-state index in [4.69, 9.17) is 4.74 Å². The molecule has 0 saturated carbocycles. The van der Waals surface area contributed by atoms with Crippen molar-refractivity contribution in [2.24, 2.45) is 0 Å². The van der Waals surface area contributed by atoms with Gasteiger partial charge in [-0.1, -0.05) is 13.2 Å². The highest BCUT2D eigenvalue weighted by Gasteiger charge is 2.07. The predicted molar refractivity (Wildman–Crippen MR) is 56.3 cm³/mol. The summed E-state index contributed by atoms with van der Waals surface area (Å²) in [6.45, 7) is 11.1. The summed E-state index contributed by atoms with van der Waals surface area (Å²) < 4.78 is 5.23. The lowest BCUT2D eigenvalue weighted by molar-refractivity contribution is 0.293. The largest absolute Gasteiger partial charge is 0.465 e. The second-order valence-electron chi connectivity index (χ2n) is 2.39. The molecule has 1 nitrogen and oxygen atoms in total. The summed E-state index contributed by atoms with van der Waals surface area (Å²) in [7, 11) is 0. The van der Waals surface area contributed by atoms with Crippen LogP contribution in [-0.4, -0.2) is 10.5 Å². The van der Waals surface area contributed by atoms with Gasteiger partial charge in [0.25, 0.3) is 0 Å². The van der Waals surface area contributed by atoms with Crippen molar-refractivity contribution in [2.45, 2.75) is 24.3 Å². The first-order chi connectivity index (χ1) is 4.95. The van der Waals surface area contributed by atoms with Crippen LogP contribution in [-0.2, 0) is 4.74 Å². The zero-order valence-electron chi connectivity index (χ0n) is 6.87. The first-order valence-corrected chi connectivity index (χ1v) is 4.40. The van der Waals surface area contributed by atoms with Crippen molar-refractivity contribution in [3.63, 3.8) is 0 Å². The normalized spacial score (nSPS) is 15.3. The molecule has 0 aliphatic heterocycles. The van der Waals surface area contributed by atoms with Crippen molar-refractivity contribution in [1.82, 2.24) is 0 Å². The molecular formula is C8H14OS2. The van der Waals surface area contributed by atoms with Crippen LogP contribution >= 0.6 is 25.3 Å². The fourth-order valence-electron chi connectivity index (χ4n) is 0.339. The molecule has 3 heteroatoms. The lowest BCUT2D eigenvalue weighted by atomic mass is 10.4. The zero-order chi connectivity index (χ0) is 9.02. The smallest absolute Gasteiger partial charge is 0.109 e. The molecule has 2 unspecified atom stereocenters. The van der Waals surface area contributed by atoms with Crippen LogP contribution in [0.3, 0.4) is 0 Å². The van der Waals surface area contributed by atoms with E-state index in [9.17, 15) is 0 Å². The third-order valence-electron chi connectivity index (χ3n) is 1.19. The molecule has 0 radical (unpaired) electrons. The Hall–Kier alpha value is -0.0200. The molecule has 0 aliphatic rings. The third kappa shape index (κ3) is 4.43. The lowest BCUT2D eigenvalue weighted by Gasteiger charge is -2.14. The molecule has 0 fully saturated rings. The van der Waals surface area contributed by atoms with Gasteiger partial charge in [-0.2, -0.15) is 25.3 Å². The Labute approximate surface area is 79.3 Å². The molecule has 0 N–H and O–H groups in total. The molecule has 0 aromatic rings. The molecule has 0 heterocycles. The molecule has 0 aromatic carbocycles. The highest BCUT2D eigenvalue weighted by atomic mass is 32.1. The quantitative estimate of drug-likeness (QED) is 0.512. The van der Waals surface area contributed by atoms with Gasteiger partial charge in [0.1, 0.15) is 11.5 Å². The molecule has 0 aliphatic carbocycles. The molecule has 0 aromatic heterocycles. The van der Waals surface area contributed by atoms with E-state index in [0.29, 0.717) is 11.5 Å². The Balaban J connectivity index is 3.86. The van der Waals surface area contributed by atoms with Gasteiger partial charge in [-0.15, -0.1) is 0 Å². The van der Waals surface area contributed by atoms with Gasteiger partial charge in [0, 0.05) is 0 Å².